The minimum atomic E-state index is -0.738. The van der Waals surface area contributed by atoms with Crippen molar-refractivity contribution < 1.29 is 4.79 Å². The molecule has 1 saturated heterocycles. The van der Waals surface area contributed by atoms with Crippen molar-refractivity contribution in [2.75, 3.05) is 6.54 Å². The summed E-state index contributed by atoms with van der Waals surface area (Å²) in [5.74, 6) is 6.59. The van der Waals surface area contributed by atoms with Crippen molar-refractivity contribution in [3.8, 4) is 17.9 Å². The van der Waals surface area contributed by atoms with Gasteiger partial charge in [0.1, 0.15) is 0 Å². The Morgan fingerprint density at radius 2 is 1.62 bits per heavy atom. The largest absolute Gasteiger partial charge is 0.336 e. The summed E-state index contributed by atoms with van der Waals surface area (Å²) in [4.78, 5) is 15.2. The molecule has 0 N–H and O–H groups in total. The van der Waals surface area contributed by atoms with Crippen molar-refractivity contribution in [1.29, 1.82) is 5.26 Å². The first-order chi connectivity index (χ1) is 12.7. The molecule has 26 heavy (non-hydrogen) atoms. The van der Waals surface area contributed by atoms with Gasteiger partial charge in [0, 0.05) is 11.6 Å². The molecule has 0 aromatic heterocycles. The first-order valence-corrected chi connectivity index (χ1v) is 9.13. The fourth-order valence-corrected chi connectivity index (χ4v) is 3.97. The number of carbonyl (C=O) groups excluding carboxylic acids is 1. The van der Waals surface area contributed by atoms with Crippen LogP contribution in [0.25, 0.3) is 0 Å². The van der Waals surface area contributed by atoms with Crippen molar-refractivity contribution in [2.45, 2.75) is 37.1 Å². The van der Waals surface area contributed by atoms with Crippen LogP contribution in [0.15, 0.2) is 54.6 Å². The predicted molar refractivity (Wildman–Crippen MR) is 100 cm³/mol. The number of amides is 1. The lowest BCUT2D eigenvalue weighted by molar-refractivity contribution is -0.150. The molecule has 1 aliphatic heterocycles. The van der Waals surface area contributed by atoms with Crippen LogP contribution in [-0.4, -0.2) is 23.4 Å². The molecule has 4 rings (SSSR count). The Morgan fingerprint density at radius 1 is 0.962 bits per heavy atom. The minimum Gasteiger partial charge on any atom is -0.336 e. The lowest BCUT2D eigenvalue weighted by atomic mass is 9.72. The molecule has 1 atom stereocenters. The second-order valence-electron chi connectivity index (χ2n) is 7.08. The molecular weight excluding hydrogens is 320 g/mol. The molecule has 1 amide bonds. The molecular formula is C23H20N2O. The maximum absolute atomic E-state index is 13.2. The molecule has 2 fully saturated rings. The highest BCUT2D eigenvalue weighted by Gasteiger charge is 2.54. The lowest BCUT2D eigenvalue weighted by Crippen LogP contribution is -2.66. The number of hydrogen-bond donors (Lipinski definition) is 0. The zero-order valence-corrected chi connectivity index (χ0v) is 14.6. The topological polar surface area (TPSA) is 44.1 Å². The van der Waals surface area contributed by atoms with Crippen LogP contribution < -0.4 is 0 Å². The number of nitrogens with zero attached hydrogens (tertiary/aromatic N) is 2. The Bertz CT molecular complexity index is 909. The summed E-state index contributed by atoms with van der Waals surface area (Å²) < 4.78 is 0. The van der Waals surface area contributed by atoms with E-state index >= 15 is 0 Å². The normalized spacial score (nSPS) is 22.3. The van der Waals surface area contributed by atoms with Crippen LogP contribution in [0.1, 0.15) is 42.4 Å². The average molecular weight is 340 g/mol. The van der Waals surface area contributed by atoms with Crippen LogP contribution in [0.4, 0.5) is 0 Å². The van der Waals surface area contributed by atoms with Gasteiger partial charge in [-0.15, -0.1) is 0 Å². The fraction of sp³-hybridized carbons (Fsp3) is 0.304. The van der Waals surface area contributed by atoms with Gasteiger partial charge in [0.15, 0.2) is 5.41 Å². The molecule has 0 radical (unpaired) electrons. The standard InChI is InChI=1S/C23H20N2O/c24-16-19-12-10-18(11-13-19)14-15-23(20-6-2-1-3-7-20)17-25(22(23)26)21-8-4-5-9-21/h1-3,6-7,10-13,21H,4-5,8-9,17H2/t23-/m0/s1. The number of hydrogen-bond acceptors (Lipinski definition) is 2. The van der Waals surface area contributed by atoms with E-state index < -0.39 is 5.41 Å². The highest BCUT2D eigenvalue weighted by Crippen LogP contribution is 2.40. The first-order valence-electron chi connectivity index (χ1n) is 9.13. The van der Waals surface area contributed by atoms with E-state index in [0.717, 1.165) is 24.0 Å². The average Bonchev–Trinajstić information content (AvgIpc) is 3.22. The van der Waals surface area contributed by atoms with E-state index in [0.29, 0.717) is 18.2 Å². The molecule has 2 aromatic carbocycles. The second kappa shape index (κ2) is 6.70. The molecule has 2 aromatic rings. The summed E-state index contributed by atoms with van der Waals surface area (Å²) in [5, 5.41) is 8.91. The summed E-state index contributed by atoms with van der Waals surface area (Å²) in [6.07, 6.45) is 4.65. The van der Waals surface area contributed by atoms with Gasteiger partial charge < -0.3 is 4.90 Å². The number of β-lactam (4-membered cyclic amide) rings is 1. The van der Waals surface area contributed by atoms with Gasteiger partial charge in [-0.3, -0.25) is 4.79 Å². The quantitative estimate of drug-likeness (QED) is 0.619. The molecule has 3 nitrogen and oxygen atoms in total. The number of likely N-dealkylation sites (tertiary alicyclic amines) is 1. The van der Waals surface area contributed by atoms with Gasteiger partial charge in [-0.2, -0.15) is 5.26 Å². The van der Waals surface area contributed by atoms with E-state index in [1.54, 1.807) is 12.1 Å². The molecule has 0 spiro atoms. The van der Waals surface area contributed by atoms with E-state index in [-0.39, 0.29) is 5.91 Å². The fourth-order valence-electron chi connectivity index (χ4n) is 3.97. The monoisotopic (exact) mass is 340 g/mol. The zero-order chi connectivity index (χ0) is 18.0. The van der Waals surface area contributed by atoms with E-state index in [1.165, 1.54) is 12.8 Å². The maximum atomic E-state index is 13.2. The van der Waals surface area contributed by atoms with E-state index in [4.69, 9.17) is 5.26 Å². The molecule has 0 unspecified atom stereocenters. The van der Waals surface area contributed by atoms with Crippen LogP contribution in [0, 0.1) is 23.2 Å². The molecule has 1 saturated carbocycles. The lowest BCUT2D eigenvalue weighted by Gasteiger charge is -2.49. The summed E-state index contributed by atoms with van der Waals surface area (Å²) in [6.45, 7) is 0.670. The van der Waals surface area contributed by atoms with Crippen molar-refractivity contribution in [3.63, 3.8) is 0 Å². The highest BCUT2D eigenvalue weighted by atomic mass is 16.2. The molecule has 1 aliphatic carbocycles. The Morgan fingerprint density at radius 3 is 2.23 bits per heavy atom. The Labute approximate surface area is 154 Å². The van der Waals surface area contributed by atoms with Crippen molar-refractivity contribution in [1.82, 2.24) is 4.90 Å². The van der Waals surface area contributed by atoms with Gasteiger partial charge in [0.05, 0.1) is 18.2 Å². The molecule has 1 heterocycles. The highest BCUT2D eigenvalue weighted by molar-refractivity contribution is 5.98. The Kier molecular flexibility index (Phi) is 4.23. The smallest absolute Gasteiger partial charge is 0.247 e. The van der Waals surface area contributed by atoms with Crippen LogP contribution in [0.3, 0.4) is 0 Å². The molecule has 0 bridgehead atoms. The number of rotatable bonds is 2. The van der Waals surface area contributed by atoms with E-state index in [9.17, 15) is 4.79 Å². The summed E-state index contributed by atoms with van der Waals surface area (Å²) in [5.41, 5.74) is 1.67. The van der Waals surface area contributed by atoms with Crippen molar-refractivity contribution in [3.05, 3.63) is 71.3 Å². The van der Waals surface area contributed by atoms with Gasteiger partial charge >= 0.3 is 0 Å². The molecule has 128 valence electrons. The molecule has 3 heteroatoms. The zero-order valence-electron chi connectivity index (χ0n) is 14.6. The Balaban J connectivity index is 1.66. The summed E-state index contributed by atoms with van der Waals surface area (Å²) >= 11 is 0. The predicted octanol–water partition coefficient (Wildman–Crippen LogP) is 3.63. The van der Waals surface area contributed by atoms with E-state index in [2.05, 4.69) is 17.9 Å². The SMILES string of the molecule is N#Cc1ccc(C#C[C@@]2(c3ccccc3)CN(C3CCCC3)C2=O)cc1. The van der Waals surface area contributed by atoms with Gasteiger partial charge in [0.2, 0.25) is 5.91 Å². The third-order valence-corrected chi connectivity index (χ3v) is 5.50. The van der Waals surface area contributed by atoms with Crippen LogP contribution in [0.2, 0.25) is 0 Å². The summed E-state index contributed by atoms with van der Waals surface area (Å²) in [7, 11) is 0. The third-order valence-electron chi connectivity index (χ3n) is 5.50. The minimum absolute atomic E-state index is 0.136. The van der Waals surface area contributed by atoms with Gasteiger partial charge in [0.25, 0.3) is 0 Å². The van der Waals surface area contributed by atoms with Crippen LogP contribution in [0.5, 0.6) is 0 Å². The first kappa shape index (κ1) is 16.4. The number of benzene rings is 2. The van der Waals surface area contributed by atoms with Gasteiger partial charge in [-0.1, -0.05) is 55.0 Å². The Hall–Kier alpha value is -3.04. The maximum Gasteiger partial charge on any atom is 0.247 e. The van der Waals surface area contributed by atoms with E-state index in [1.807, 2.05) is 47.4 Å². The van der Waals surface area contributed by atoms with Crippen molar-refractivity contribution >= 4 is 5.91 Å². The number of carbonyl (C=O) groups is 1. The third kappa shape index (κ3) is 2.76. The number of nitriles is 1. The van der Waals surface area contributed by atoms with Crippen LogP contribution in [-0.2, 0) is 10.2 Å². The van der Waals surface area contributed by atoms with Crippen LogP contribution >= 0.6 is 0 Å². The molecule has 2 aliphatic rings. The van der Waals surface area contributed by atoms with Gasteiger partial charge in [-0.05, 0) is 42.7 Å². The summed E-state index contributed by atoms with van der Waals surface area (Å²) in [6, 6.07) is 19.6. The second-order valence-corrected chi connectivity index (χ2v) is 7.08. The van der Waals surface area contributed by atoms with Gasteiger partial charge in [-0.25, -0.2) is 0 Å². The van der Waals surface area contributed by atoms with Crippen molar-refractivity contribution in [2.24, 2.45) is 0 Å².